The van der Waals surface area contributed by atoms with Crippen LogP contribution in [0, 0.1) is 0 Å². The third-order valence-electron chi connectivity index (χ3n) is 1.67. The first-order valence-electron chi connectivity index (χ1n) is 3.40. The molecule has 0 bridgehead atoms. The number of hydrogen-bond acceptors (Lipinski definition) is 5. The number of carbonyl (C=O) groups excluding carboxylic acids is 1. The molecular formula is C6H11NO4. The maximum absolute atomic E-state index is 10.7. The van der Waals surface area contributed by atoms with E-state index in [1.54, 1.807) is 0 Å². The zero-order valence-electron chi connectivity index (χ0n) is 5.93. The number of cyclic esters (lactones) is 1. The molecule has 0 aliphatic carbocycles. The van der Waals surface area contributed by atoms with Crippen molar-refractivity contribution in [3.05, 3.63) is 0 Å². The van der Waals surface area contributed by atoms with Crippen LogP contribution in [0.1, 0.15) is 6.42 Å². The highest BCUT2D eigenvalue weighted by Gasteiger charge is 2.35. The van der Waals surface area contributed by atoms with Crippen molar-refractivity contribution >= 4 is 5.97 Å². The maximum atomic E-state index is 10.7. The molecular weight excluding hydrogens is 150 g/mol. The van der Waals surface area contributed by atoms with Gasteiger partial charge < -0.3 is 20.7 Å². The second-order valence-corrected chi connectivity index (χ2v) is 2.57. The lowest BCUT2D eigenvalue weighted by Gasteiger charge is -2.13. The molecule has 4 N–H and O–H groups in total. The first-order valence-corrected chi connectivity index (χ1v) is 3.40. The van der Waals surface area contributed by atoms with Gasteiger partial charge >= 0.3 is 5.97 Å². The second-order valence-electron chi connectivity index (χ2n) is 2.57. The zero-order chi connectivity index (χ0) is 8.43. The van der Waals surface area contributed by atoms with Crippen LogP contribution in [0.25, 0.3) is 0 Å². The fraction of sp³-hybridized carbons (Fsp3) is 0.833. The summed E-state index contributed by atoms with van der Waals surface area (Å²) in [6, 6.07) is -0.652. The van der Waals surface area contributed by atoms with Gasteiger partial charge in [0, 0.05) is 6.42 Å². The Morgan fingerprint density at radius 2 is 2.45 bits per heavy atom. The Morgan fingerprint density at radius 3 is 2.82 bits per heavy atom. The van der Waals surface area contributed by atoms with Crippen molar-refractivity contribution in [1.29, 1.82) is 0 Å². The molecule has 0 saturated carbocycles. The lowest BCUT2D eigenvalue weighted by atomic mass is 10.1. The SMILES string of the molecule is N[C@H]1C[C@@H]([C@H](O)CO)OC1=O. The molecule has 11 heavy (non-hydrogen) atoms. The van der Waals surface area contributed by atoms with Gasteiger partial charge in [-0.25, -0.2) is 0 Å². The Hall–Kier alpha value is -0.650. The van der Waals surface area contributed by atoms with Crippen LogP contribution in [0.5, 0.6) is 0 Å². The van der Waals surface area contributed by atoms with E-state index in [1.165, 1.54) is 0 Å². The topological polar surface area (TPSA) is 92.8 Å². The van der Waals surface area contributed by atoms with E-state index in [-0.39, 0.29) is 6.42 Å². The minimum absolute atomic E-state index is 0.278. The number of ether oxygens (including phenoxy) is 1. The van der Waals surface area contributed by atoms with Crippen molar-refractivity contribution in [2.45, 2.75) is 24.7 Å². The fourth-order valence-electron chi connectivity index (χ4n) is 0.984. The molecule has 0 radical (unpaired) electrons. The van der Waals surface area contributed by atoms with Crippen molar-refractivity contribution in [2.75, 3.05) is 6.61 Å². The van der Waals surface area contributed by atoms with Crippen LogP contribution >= 0.6 is 0 Å². The summed E-state index contributed by atoms with van der Waals surface area (Å²) < 4.78 is 4.65. The molecule has 0 amide bonds. The maximum Gasteiger partial charge on any atom is 0.323 e. The van der Waals surface area contributed by atoms with Crippen LogP contribution < -0.4 is 5.73 Å². The molecule has 1 aliphatic rings. The van der Waals surface area contributed by atoms with Crippen LogP contribution in [0.15, 0.2) is 0 Å². The number of esters is 1. The highest BCUT2D eigenvalue weighted by Crippen LogP contribution is 2.15. The average Bonchev–Trinajstić information content (AvgIpc) is 2.31. The largest absolute Gasteiger partial charge is 0.458 e. The second kappa shape index (κ2) is 3.17. The molecule has 0 aromatic rings. The van der Waals surface area contributed by atoms with E-state index < -0.39 is 30.8 Å². The van der Waals surface area contributed by atoms with E-state index >= 15 is 0 Å². The number of nitrogens with two attached hydrogens (primary N) is 1. The molecule has 3 atom stereocenters. The Morgan fingerprint density at radius 1 is 1.82 bits per heavy atom. The standard InChI is InChI=1S/C6H11NO4/c7-3-1-5(4(9)2-8)11-6(3)10/h3-5,8-9H,1-2,7H2/t3-,4+,5-/m0/s1. The van der Waals surface area contributed by atoms with Gasteiger partial charge in [0.2, 0.25) is 0 Å². The smallest absolute Gasteiger partial charge is 0.323 e. The summed E-state index contributed by atoms with van der Waals surface area (Å²) in [4.78, 5) is 10.7. The normalized spacial score (nSPS) is 33.5. The number of aliphatic hydroxyl groups excluding tert-OH is 2. The lowest BCUT2D eigenvalue weighted by Crippen LogP contribution is -2.29. The van der Waals surface area contributed by atoms with Crippen molar-refractivity contribution < 1.29 is 19.7 Å². The van der Waals surface area contributed by atoms with Gasteiger partial charge in [-0.15, -0.1) is 0 Å². The summed E-state index contributed by atoms with van der Waals surface area (Å²) in [5.74, 6) is -0.512. The predicted octanol–water partition coefficient (Wildman–Crippen LogP) is -2.02. The first kappa shape index (κ1) is 8.45. The quantitative estimate of drug-likeness (QED) is 0.407. The van der Waals surface area contributed by atoms with Crippen LogP contribution in [0.3, 0.4) is 0 Å². The predicted molar refractivity (Wildman–Crippen MR) is 35.6 cm³/mol. The van der Waals surface area contributed by atoms with Crippen molar-refractivity contribution in [2.24, 2.45) is 5.73 Å². The minimum atomic E-state index is -1.01. The number of carbonyl (C=O) groups is 1. The molecule has 0 unspecified atom stereocenters. The summed E-state index contributed by atoms with van der Waals surface area (Å²) in [5, 5.41) is 17.5. The van der Waals surface area contributed by atoms with E-state index in [4.69, 9.17) is 15.9 Å². The summed E-state index contributed by atoms with van der Waals surface area (Å²) >= 11 is 0. The van der Waals surface area contributed by atoms with Gasteiger partial charge in [-0.05, 0) is 0 Å². The van der Waals surface area contributed by atoms with Gasteiger partial charge in [-0.2, -0.15) is 0 Å². The number of rotatable bonds is 2. The Bertz CT molecular complexity index is 161. The Kier molecular flexibility index (Phi) is 2.43. The van der Waals surface area contributed by atoms with Crippen LogP contribution in [0.4, 0.5) is 0 Å². The molecule has 1 saturated heterocycles. The summed E-state index contributed by atoms with van der Waals surface area (Å²) in [7, 11) is 0. The Labute approximate surface area is 63.8 Å². The summed E-state index contributed by atoms with van der Waals surface area (Å²) in [6.45, 7) is -0.412. The van der Waals surface area contributed by atoms with Gasteiger partial charge in [0.05, 0.1) is 6.61 Å². The minimum Gasteiger partial charge on any atom is -0.458 e. The van der Waals surface area contributed by atoms with Crippen LogP contribution in [0.2, 0.25) is 0 Å². The van der Waals surface area contributed by atoms with Gasteiger partial charge in [0.25, 0.3) is 0 Å². The Balaban J connectivity index is 2.46. The van der Waals surface area contributed by atoms with E-state index in [0.29, 0.717) is 0 Å². The summed E-state index contributed by atoms with van der Waals surface area (Å²) in [5.41, 5.74) is 5.29. The highest BCUT2D eigenvalue weighted by atomic mass is 16.6. The first-order chi connectivity index (χ1) is 5.15. The molecule has 0 aromatic heterocycles. The van der Waals surface area contributed by atoms with E-state index in [2.05, 4.69) is 4.74 Å². The fourth-order valence-corrected chi connectivity index (χ4v) is 0.984. The monoisotopic (exact) mass is 161 g/mol. The lowest BCUT2D eigenvalue weighted by molar-refractivity contribution is -0.147. The molecule has 1 fully saturated rings. The van der Waals surface area contributed by atoms with Gasteiger partial charge in [-0.1, -0.05) is 0 Å². The van der Waals surface area contributed by atoms with Gasteiger partial charge in [0.15, 0.2) is 0 Å². The molecule has 1 rings (SSSR count). The molecule has 5 nitrogen and oxygen atoms in total. The van der Waals surface area contributed by atoms with E-state index in [9.17, 15) is 4.79 Å². The number of aliphatic hydroxyl groups is 2. The molecule has 1 heterocycles. The third-order valence-corrected chi connectivity index (χ3v) is 1.67. The van der Waals surface area contributed by atoms with E-state index in [1.807, 2.05) is 0 Å². The average molecular weight is 161 g/mol. The van der Waals surface area contributed by atoms with Crippen molar-refractivity contribution in [1.82, 2.24) is 0 Å². The molecule has 64 valence electrons. The van der Waals surface area contributed by atoms with Crippen LogP contribution in [-0.4, -0.2) is 41.0 Å². The van der Waals surface area contributed by atoms with Gasteiger partial charge in [0.1, 0.15) is 18.2 Å². The van der Waals surface area contributed by atoms with Crippen molar-refractivity contribution in [3.63, 3.8) is 0 Å². The van der Waals surface area contributed by atoms with Crippen molar-refractivity contribution in [3.8, 4) is 0 Å². The van der Waals surface area contributed by atoms with Gasteiger partial charge in [-0.3, -0.25) is 4.79 Å². The molecule has 5 heteroatoms. The van der Waals surface area contributed by atoms with E-state index in [0.717, 1.165) is 0 Å². The highest BCUT2D eigenvalue weighted by molar-refractivity contribution is 5.77. The molecule has 1 aliphatic heterocycles. The molecule has 0 aromatic carbocycles. The van der Waals surface area contributed by atoms with Crippen LogP contribution in [-0.2, 0) is 9.53 Å². The molecule has 0 spiro atoms. The summed E-state index contributed by atoms with van der Waals surface area (Å²) in [6.07, 6.45) is -1.37. The third kappa shape index (κ3) is 1.68. The zero-order valence-corrected chi connectivity index (χ0v) is 5.93. The number of hydrogen-bond donors (Lipinski definition) is 3.